The number of hydrogen-bond donors (Lipinski definition) is 1. The third kappa shape index (κ3) is 3.99. The van der Waals surface area contributed by atoms with Crippen LogP contribution in [0.15, 0.2) is 18.2 Å². The van der Waals surface area contributed by atoms with Crippen molar-refractivity contribution in [2.45, 2.75) is 65.6 Å². The highest BCUT2D eigenvalue weighted by Gasteiger charge is 2.30. The highest BCUT2D eigenvalue weighted by Crippen LogP contribution is 2.36. The smallest absolute Gasteiger partial charge is 0.0368 e. The summed E-state index contributed by atoms with van der Waals surface area (Å²) in [7, 11) is 2.23. The van der Waals surface area contributed by atoms with E-state index in [4.69, 9.17) is 0 Å². The van der Waals surface area contributed by atoms with Crippen LogP contribution in [0.25, 0.3) is 0 Å². The van der Waals surface area contributed by atoms with Gasteiger partial charge in [0.1, 0.15) is 0 Å². The molecule has 0 spiro atoms. The molecule has 2 heteroatoms. The second-order valence-electron chi connectivity index (χ2n) is 7.40. The molecule has 0 amide bonds. The minimum atomic E-state index is 0.169. The van der Waals surface area contributed by atoms with E-state index in [1.165, 1.54) is 29.7 Å². The minimum absolute atomic E-state index is 0.169. The Hall–Kier alpha value is -1.02. The van der Waals surface area contributed by atoms with Crippen LogP contribution in [-0.2, 0) is 6.54 Å². The van der Waals surface area contributed by atoms with Crippen molar-refractivity contribution in [1.82, 2.24) is 5.32 Å². The van der Waals surface area contributed by atoms with E-state index in [1.54, 1.807) is 0 Å². The van der Waals surface area contributed by atoms with Gasteiger partial charge in [-0.25, -0.2) is 0 Å². The molecule has 1 aromatic rings. The van der Waals surface area contributed by atoms with E-state index in [0.717, 1.165) is 12.5 Å². The molecule has 112 valence electrons. The lowest BCUT2D eigenvalue weighted by atomic mass is 10.0. The van der Waals surface area contributed by atoms with Gasteiger partial charge >= 0.3 is 0 Å². The first-order valence-corrected chi connectivity index (χ1v) is 7.85. The van der Waals surface area contributed by atoms with Gasteiger partial charge in [0.25, 0.3) is 0 Å². The van der Waals surface area contributed by atoms with Gasteiger partial charge in [0.15, 0.2) is 0 Å². The summed E-state index contributed by atoms with van der Waals surface area (Å²) in [6.45, 7) is 12.1. The molecule has 20 heavy (non-hydrogen) atoms. The Morgan fingerprint density at radius 3 is 2.45 bits per heavy atom. The Morgan fingerprint density at radius 2 is 1.95 bits per heavy atom. The molecule has 2 rings (SSSR count). The Labute approximate surface area is 124 Å². The van der Waals surface area contributed by atoms with E-state index < -0.39 is 0 Å². The topological polar surface area (TPSA) is 15.3 Å². The molecule has 1 aliphatic rings. The van der Waals surface area contributed by atoms with Gasteiger partial charge in [0, 0.05) is 30.9 Å². The van der Waals surface area contributed by atoms with Gasteiger partial charge in [-0.05, 0) is 76.6 Å². The quantitative estimate of drug-likeness (QED) is 0.869. The highest BCUT2D eigenvalue weighted by molar-refractivity contribution is 5.51. The fourth-order valence-corrected chi connectivity index (χ4v) is 2.59. The molecule has 1 aliphatic carbocycles. The van der Waals surface area contributed by atoms with Crippen molar-refractivity contribution in [3.8, 4) is 0 Å². The molecule has 1 unspecified atom stereocenters. The van der Waals surface area contributed by atoms with Crippen LogP contribution in [0, 0.1) is 12.8 Å². The van der Waals surface area contributed by atoms with Crippen LogP contribution in [0.4, 0.5) is 5.69 Å². The summed E-state index contributed by atoms with van der Waals surface area (Å²) >= 11 is 0. The minimum Gasteiger partial charge on any atom is -0.372 e. The van der Waals surface area contributed by atoms with E-state index >= 15 is 0 Å². The number of rotatable bonds is 5. The van der Waals surface area contributed by atoms with E-state index in [1.807, 2.05) is 0 Å². The Kier molecular flexibility index (Phi) is 4.43. The highest BCUT2D eigenvalue weighted by atomic mass is 15.1. The van der Waals surface area contributed by atoms with E-state index in [-0.39, 0.29) is 5.54 Å². The van der Waals surface area contributed by atoms with Crippen molar-refractivity contribution in [2.24, 2.45) is 5.92 Å². The van der Waals surface area contributed by atoms with Crippen LogP contribution in [0.2, 0.25) is 0 Å². The third-order valence-corrected chi connectivity index (χ3v) is 4.46. The molecule has 0 heterocycles. The Balaban J connectivity index is 2.04. The molecule has 0 aromatic heterocycles. The number of anilines is 1. The van der Waals surface area contributed by atoms with E-state index in [0.29, 0.717) is 6.04 Å². The summed E-state index contributed by atoms with van der Waals surface area (Å²) in [5.74, 6) is 0.905. The van der Waals surface area contributed by atoms with Gasteiger partial charge in [0.2, 0.25) is 0 Å². The van der Waals surface area contributed by atoms with Crippen molar-refractivity contribution >= 4 is 5.69 Å². The number of nitrogens with one attached hydrogen (secondary N) is 1. The molecule has 0 radical (unpaired) electrons. The fraction of sp³-hybridized carbons (Fsp3) is 0.667. The van der Waals surface area contributed by atoms with E-state index in [2.05, 4.69) is 70.1 Å². The van der Waals surface area contributed by atoms with Crippen molar-refractivity contribution in [3.05, 3.63) is 29.3 Å². The lowest BCUT2D eigenvalue weighted by molar-refractivity contribution is 0.424. The lowest BCUT2D eigenvalue weighted by Gasteiger charge is -2.28. The normalized spacial score (nSPS) is 17.1. The predicted octanol–water partition coefficient (Wildman–Crippen LogP) is 4.12. The molecule has 1 fully saturated rings. The maximum absolute atomic E-state index is 3.57. The second-order valence-corrected chi connectivity index (χ2v) is 7.40. The molecular weight excluding hydrogens is 244 g/mol. The largest absolute Gasteiger partial charge is 0.372 e. The van der Waals surface area contributed by atoms with Gasteiger partial charge in [-0.15, -0.1) is 0 Å². The maximum atomic E-state index is 3.57. The average Bonchev–Trinajstić information content (AvgIpc) is 3.18. The molecule has 1 N–H and O–H groups in total. The zero-order valence-electron chi connectivity index (χ0n) is 14.0. The van der Waals surface area contributed by atoms with Gasteiger partial charge in [-0.3, -0.25) is 0 Å². The first-order chi connectivity index (χ1) is 9.28. The summed E-state index contributed by atoms with van der Waals surface area (Å²) in [5, 5.41) is 3.57. The summed E-state index contributed by atoms with van der Waals surface area (Å²) in [5.41, 5.74) is 4.30. The van der Waals surface area contributed by atoms with Crippen LogP contribution in [0.1, 0.15) is 51.7 Å². The second kappa shape index (κ2) is 5.77. The summed E-state index contributed by atoms with van der Waals surface area (Å²) in [4.78, 5) is 2.44. The zero-order chi connectivity index (χ0) is 14.9. The first-order valence-electron chi connectivity index (χ1n) is 7.85. The molecule has 2 nitrogen and oxygen atoms in total. The monoisotopic (exact) mass is 274 g/mol. The first kappa shape index (κ1) is 15.4. The fourth-order valence-electron chi connectivity index (χ4n) is 2.59. The Bertz CT molecular complexity index is 455. The van der Waals surface area contributed by atoms with Crippen LogP contribution >= 0.6 is 0 Å². The summed E-state index contributed by atoms with van der Waals surface area (Å²) < 4.78 is 0. The van der Waals surface area contributed by atoms with Crippen LogP contribution < -0.4 is 10.2 Å². The van der Waals surface area contributed by atoms with Crippen LogP contribution in [-0.4, -0.2) is 18.6 Å². The molecule has 0 aliphatic heterocycles. The number of benzene rings is 1. The van der Waals surface area contributed by atoms with Gasteiger partial charge in [-0.1, -0.05) is 6.07 Å². The molecule has 0 bridgehead atoms. The lowest BCUT2D eigenvalue weighted by Crippen LogP contribution is -2.35. The standard InChI is InChI=1S/C18H30N2/c1-13-11-17(20(6)14(2)15-7-8-15)10-9-16(13)12-19-18(3,4)5/h9-11,14-15,19H,7-8,12H2,1-6H3. The average molecular weight is 274 g/mol. The molecular formula is C18H30N2. The zero-order valence-corrected chi connectivity index (χ0v) is 14.0. The number of nitrogens with zero attached hydrogens (tertiary/aromatic N) is 1. The van der Waals surface area contributed by atoms with E-state index in [9.17, 15) is 0 Å². The molecule has 1 aromatic carbocycles. The van der Waals surface area contributed by atoms with Crippen molar-refractivity contribution in [1.29, 1.82) is 0 Å². The molecule has 1 atom stereocenters. The SMILES string of the molecule is Cc1cc(N(C)C(C)C2CC2)ccc1CNC(C)(C)C. The number of aryl methyl sites for hydroxylation is 1. The van der Waals surface area contributed by atoms with Crippen molar-refractivity contribution in [2.75, 3.05) is 11.9 Å². The number of hydrogen-bond acceptors (Lipinski definition) is 2. The molecule has 0 saturated heterocycles. The van der Waals surface area contributed by atoms with Gasteiger partial charge in [0.05, 0.1) is 0 Å². The van der Waals surface area contributed by atoms with Crippen LogP contribution in [0.3, 0.4) is 0 Å². The summed E-state index contributed by atoms with van der Waals surface area (Å²) in [6.07, 6.45) is 2.80. The Morgan fingerprint density at radius 1 is 1.30 bits per heavy atom. The van der Waals surface area contributed by atoms with Crippen molar-refractivity contribution < 1.29 is 0 Å². The maximum Gasteiger partial charge on any atom is 0.0368 e. The van der Waals surface area contributed by atoms with Gasteiger partial charge in [-0.2, -0.15) is 0 Å². The summed E-state index contributed by atoms with van der Waals surface area (Å²) in [6, 6.07) is 7.54. The van der Waals surface area contributed by atoms with Crippen molar-refractivity contribution in [3.63, 3.8) is 0 Å². The third-order valence-electron chi connectivity index (χ3n) is 4.46. The van der Waals surface area contributed by atoms with Gasteiger partial charge < -0.3 is 10.2 Å². The molecule has 1 saturated carbocycles. The van der Waals surface area contributed by atoms with Crippen LogP contribution in [0.5, 0.6) is 0 Å². The predicted molar refractivity (Wildman–Crippen MR) is 88.4 cm³/mol.